The predicted octanol–water partition coefficient (Wildman–Crippen LogP) is 2.57. The van der Waals surface area contributed by atoms with E-state index in [2.05, 4.69) is 5.32 Å². The van der Waals surface area contributed by atoms with Crippen LogP contribution in [0.2, 0.25) is 10.0 Å². The van der Waals surface area contributed by atoms with E-state index in [1.165, 1.54) is 0 Å². The Morgan fingerprint density at radius 2 is 1.78 bits per heavy atom. The Labute approximate surface area is 111 Å². The highest BCUT2D eigenvalue weighted by atomic mass is 35.5. The number of nitro benzene ring substituents is 1. The summed E-state index contributed by atoms with van der Waals surface area (Å²) in [4.78, 5) is 31.7. The molecule has 0 atom stereocenters. The number of nitro groups is 1. The van der Waals surface area contributed by atoms with Gasteiger partial charge in [-0.15, -0.1) is 0 Å². The molecule has 2 N–H and O–H groups in total. The molecule has 0 heterocycles. The number of hydrogen-bond acceptors (Lipinski definition) is 4. The number of nitrogens with one attached hydrogen (secondary N) is 2. The Kier molecular flexibility index (Phi) is 4.46. The molecule has 96 valence electrons. The maximum atomic E-state index is 11.3. The molecule has 0 aliphatic carbocycles. The van der Waals surface area contributed by atoms with Crippen LogP contribution < -0.4 is 10.6 Å². The highest BCUT2D eigenvalue weighted by Crippen LogP contribution is 2.34. The van der Waals surface area contributed by atoms with Crippen molar-refractivity contribution in [3.05, 3.63) is 32.3 Å². The predicted molar refractivity (Wildman–Crippen MR) is 66.0 cm³/mol. The molecule has 0 bridgehead atoms. The van der Waals surface area contributed by atoms with Gasteiger partial charge in [0.05, 0.1) is 20.7 Å². The van der Waals surface area contributed by atoms with E-state index in [4.69, 9.17) is 23.2 Å². The largest absolute Gasteiger partial charge is 0.325 e. The number of rotatable bonds is 2. The lowest BCUT2D eigenvalue weighted by Gasteiger charge is -2.08. The lowest BCUT2D eigenvalue weighted by Crippen LogP contribution is -2.32. The summed E-state index contributed by atoms with van der Waals surface area (Å²) < 4.78 is 0. The molecule has 18 heavy (non-hydrogen) atoms. The Balaban J connectivity index is 3.00. The molecule has 0 aliphatic heterocycles. The van der Waals surface area contributed by atoms with E-state index < -0.39 is 16.9 Å². The smallest absolute Gasteiger partial charge is 0.305 e. The molecule has 0 radical (unpaired) electrons. The Bertz CT molecular complexity index is 510. The van der Waals surface area contributed by atoms with Gasteiger partial charge < -0.3 is 5.32 Å². The van der Waals surface area contributed by atoms with Gasteiger partial charge in [0.1, 0.15) is 0 Å². The molecule has 0 fully saturated rings. The maximum Gasteiger partial charge on any atom is 0.325 e. The fourth-order valence-electron chi connectivity index (χ4n) is 1.09. The van der Waals surface area contributed by atoms with Crippen LogP contribution in [0.5, 0.6) is 0 Å². The van der Waals surface area contributed by atoms with Crippen molar-refractivity contribution in [2.75, 3.05) is 5.32 Å². The lowest BCUT2D eigenvalue weighted by molar-refractivity contribution is -0.384. The van der Waals surface area contributed by atoms with Crippen molar-refractivity contribution < 1.29 is 14.5 Å². The molecule has 0 saturated carbocycles. The molecule has 1 aromatic carbocycles. The average molecular weight is 292 g/mol. The number of amides is 3. The first-order valence-electron chi connectivity index (χ1n) is 4.53. The molecule has 9 heteroatoms. The first-order chi connectivity index (χ1) is 8.31. The van der Waals surface area contributed by atoms with Crippen molar-refractivity contribution in [3.8, 4) is 0 Å². The van der Waals surface area contributed by atoms with Gasteiger partial charge in [-0.05, 0) is 0 Å². The Morgan fingerprint density at radius 1 is 1.28 bits per heavy atom. The molecule has 0 aliphatic rings. The van der Waals surface area contributed by atoms with E-state index in [0.29, 0.717) is 0 Å². The number of imide groups is 1. The second-order valence-electron chi connectivity index (χ2n) is 3.18. The third-order valence-electron chi connectivity index (χ3n) is 1.77. The molecular weight excluding hydrogens is 285 g/mol. The molecule has 0 unspecified atom stereocenters. The Morgan fingerprint density at radius 3 is 2.17 bits per heavy atom. The quantitative estimate of drug-likeness (QED) is 0.646. The summed E-state index contributed by atoms with van der Waals surface area (Å²) in [5.74, 6) is -0.568. The van der Waals surface area contributed by atoms with Gasteiger partial charge in [-0.3, -0.25) is 20.2 Å². The van der Waals surface area contributed by atoms with Crippen molar-refractivity contribution in [3.63, 3.8) is 0 Å². The molecule has 0 aromatic heterocycles. The summed E-state index contributed by atoms with van der Waals surface area (Å²) in [5, 5.41) is 14.5. The van der Waals surface area contributed by atoms with E-state index in [-0.39, 0.29) is 21.4 Å². The van der Waals surface area contributed by atoms with Gasteiger partial charge in [0.2, 0.25) is 5.91 Å². The third kappa shape index (κ3) is 3.57. The number of halogens is 2. The van der Waals surface area contributed by atoms with Crippen LogP contribution in [0.25, 0.3) is 0 Å². The molecule has 1 aromatic rings. The number of non-ortho nitro benzene ring substituents is 1. The SMILES string of the molecule is CC(=O)NC(=O)Nc1c(Cl)cc([N+](=O)[O-])cc1Cl. The van der Waals surface area contributed by atoms with Crippen LogP contribution in [0, 0.1) is 10.1 Å². The summed E-state index contributed by atoms with van der Waals surface area (Å²) in [5.41, 5.74) is -0.315. The number of carbonyl (C=O) groups is 2. The number of anilines is 1. The van der Waals surface area contributed by atoms with Gasteiger partial charge in [-0.2, -0.15) is 0 Å². The molecule has 1 rings (SSSR count). The second kappa shape index (κ2) is 5.65. The fourth-order valence-corrected chi connectivity index (χ4v) is 1.66. The number of nitrogens with zero attached hydrogens (tertiary/aromatic N) is 1. The highest BCUT2D eigenvalue weighted by molar-refractivity contribution is 6.40. The van der Waals surface area contributed by atoms with Crippen molar-refractivity contribution in [2.45, 2.75) is 6.92 Å². The first kappa shape index (κ1) is 14.2. The minimum Gasteiger partial charge on any atom is -0.305 e. The topological polar surface area (TPSA) is 101 Å². The van der Waals surface area contributed by atoms with Crippen LogP contribution in [-0.4, -0.2) is 16.9 Å². The van der Waals surface area contributed by atoms with E-state index in [9.17, 15) is 19.7 Å². The van der Waals surface area contributed by atoms with Gasteiger partial charge in [0.25, 0.3) is 5.69 Å². The van der Waals surface area contributed by atoms with Crippen molar-refractivity contribution >= 4 is 46.5 Å². The summed E-state index contributed by atoms with van der Waals surface area (Å²) >= 11 is 11.5. The van der Waals surface area contributed by atoms with Crippen LogP contribution in [0.3, 0.4) is 0 Å². The van der Waals surface area contributed by atoms with Gasteiger partial charge in [0, 0.05) is 19.1 Å². The third-order valence-corrected chi connectivity index (χ3v) is 2.36. The minimum atomic E-state index is -0.833. The van der Waals surface area contributed by atoms with Crippen molar-refractivity contribution in [1.29, 1.82) is 0 Å². The van der Waals surface area contributed by atoms with Crippen LogP contribution in [0.1, 0.15) is 6.92 Å². The van der Waals surface area contributed by atoms with Crippen LogP contribution in [-0.2, 0) is 4.79 Å². The Hall–Kier alpha value is -1.86. The first-order valence-corrected chi connectivity index (χ1v) is 5.29. The molecular formula is C9H7Cl2N3O4. The van der Waals surface area contributed by atoms with E-state index in [0.717, 1.165) is 19.1 Å². The molecule has 0 spiro atoms. The van der Waals surface area contributed by atoms with E-state index in [1.807, 2.05) is 5.32 Å². The highest BCUT2D eigenvalue weighted by Gasteiger charge is 2.16. The van der Waals surface area contributed by atoms with Crippen LogP contribution in [0.4, 0.5) is 16.2 Å². The van der Waals surface area contributed by atoms with Crippen LogP contribution >= 0.6 is 23.2 Å². The van der Waals surface area contributed by atoms with E-state index in [1.54, 1.807) is 0 Å². The number of hydrogen-bond donors (Lipinski definition) is 2. The van der Waals surface area contributed by atoms with E-state index >= 15 is 0 Å². The fraction of sp³-hybridized carbons (Fsp3) is 0.111. The van der Waals surface area contributed by atoms with Gasteiger partial charge in [0.15, 0.2) is 0 Å². The molecule has 0 saturated heterocycles. The zero-order valence-corrected chi connectivity index (χ0v) is 10.5. The number of urea groups is 1. The summed E-state index contributed by atoms with van der Waals surface area (Å²) in [6.07, 6.45) is 0. The number of benzene rings is 1. The summed E-state index contributed by atoms with van der Waals surface area (Å²) in [6, 6.07) is 1.24. The maximum absolute atomic E-state index is 11.3. The number of carbonyl (C=O) groups excluding carboxylic acids is 2. The lowest BCUT2D eigenvalue weighted by atomic mass is 10.3. The van der Waals surface area contributed by atoms with Gasteiger partial charge in [-0.1, -0.05) is 23.2 Å². The zero-order valence-electron chi connectivity index (χ0n) is 8.99. The monoisotopic (exact) mass is 291 g/mol. The normalized spacial score (nSPS) is 9.72. The second-order valence-corrected chi connectivity index (χ2v) is 3.99. The molecule has 3 amide bonds. The van der Waals surface area contributed by atoms with Crippen molar-refractivity contribution in [1.82, 2.24) is 5.32 Å². The minimum absolute atomic E-state index is 0.0114. The van der Waals surface area contributed by atoms with Gasteiger partial charge >= 0.3 is 6.03 Å². The van der Waals surface area contributed by atoms with Gasteiger partial charge in [-0.25, -0.2) is 4.79 Å². The average Bonchev–Trinajstić information content (AvgIpc) is 2.21. The molecule has 7 nitrogen and oxygen atoms in total. The van der Waals surface area contributed by atoms with Crippen LogP contribution in [0.15, 0.2) is 12.1 Å². The zero-order chi connectivity index (χ0) is 13.9. The van der Waals surface area contributed by atoms with Crippen molar-refractivity contribution in [2.24, 2.45) is 0 Å². The summed E-state index contributed by atoms with van der Waals surface area (Å²) in [7, 11) is 0. The summed E-state index contributed by atoms with van der Waals surface area (Å²) in [6.45, 7) is 1.15. The standard InChI is InChI=1S/C9H7Cl2N3O4/c1-4(15)12-9(16)13-8-6(10)2-5(14(17)18)3-7(8)11/h2-3H,1H3,(H2,12,13,15,16).